The van der Waals surface area contributed by atoms with Crippen LogP contribution in [0, 0.1) is 0 Å². The number of amides is 1. The largest absolute Gasteiger partial charge is 0.463 e. The van der Waals surface area contributed by atoms with Crippen molar-refractivity contribution in [2.75, 3.05) is 5.32 Å². The first-order valence-corrected chi connectivity index (χ1v) is 4.26. The summed E-state index contributed by atoms with van der Waals surface area (Å²) in [5.74, 6) is -8.61. The van der Waals surface area contributed by atoms with E-state index in [4.69, 9.17) is 11.6 Å². The van der Waals surface area contributed by atoms with E-state index in [1.807, 2.05) is 0 Å². The molecule has 94 valence electrons. The second kappa shape index (κ2) is 4.40. The Balaban J connectivity index is 2.87. The summed E-state index contributed by atoms with van der Waals surface area (Å²) >= 11 is 5.32. The van der Waals surface area contributed by atoms with Crippen molar-refractivity contribution in [2.24, 2.45) is 0 Å². The third-order valence-corrected chi connectivity index (χ3v) is 1.72. The number of aromatic nitrogens is 2. The molecule has 0 saturated carbocycles. The van der Waals surface area contributed by atoms with Crippen LogP contribution in [0.5, 0.6) is 0 Å². The fourth-order valence-electron chi connectivity index (χ4n) is 0.725. The number of halogens is 6. The van der Waals surface area contributed by atoms with Gasteiger partial charge in [-0.1, -0.05) is 11.6 Å². The van der Waals surface area contributed by atoms with E-state index in [0.717, 1.165) is 12.4 Å². The predicted octanol–water partition coefficient (Wildman–Crippen LogP) is 2.27. The standard InChI is InChI=1S/C7H3ClF5N3O/c8-3-1-4(15-2-14-3)16-5(17)6(9,10)7(11,12)13/h1-2H,(H,14,15,16,17). The van der Waals surface area contributed by atoms with Gasteiger partial charge in [0.2, 0.25) is 0 Å². The van der Waals surface area contributed by atoms with Gasteiger partial charge in [0.25, 0.3) is 0 Å². The molecule has 0 fully saturated rings. The lowest BCUT2D eigenvalue weighted by Crippen LogP contribution is -2.47. The maximum atomic E-state index is 12.5. The van der Waals surface area contributed by atoms with E-state index in [0.29, 0.717) is 0 Å². The molecule has 0 aliphatic rings. The lowest BCUT2D eigenvalue weighted by atomic mass is 10.3. The highest BCUT2D eigenvalue weighted by Crippen LogP contribution is 2.36. The quantitative estimate of drug-likeness (QED) is 0.665. The summed E-state index contributed by atoms with van der Waals surface area (Å²) in [6.07, 6.45) is -5.18. The molecule has 0 aromatic carbocycles. The Labute approximate surface area is 95.8 Å². The molecule has 17 heavy (non-hydrogen) atoms. The lowest BCUT2D eigenvalue weighted by Gasteiger charge is -2.18. The van der Waals surface area contributed by atoms with Crippen molar-refractivity contribution in [1.82, 2.24) is 9.97 Å². The highest BCUT2D eigenvalue weighted by Gasteiger charge is 2.63. The molecule has 0 saturated heterocycles. The Morgan fingerprint density at radius 3 is 2.29 bits per heavy atom. The van der Waals surface area contributed by atoms with Crippen molar-refractivity contribution in [3.63, 3.8) is 0 Å². The number of nitrogens with zero attached hydrogens (tertiary/aromatic N) is 2. The van der Waals surface area contributed by atoms with Gasteiger partial charge in [-0.15, -0.1) is 0 Å². The molecule has 1 heterocycles. The number of hydrogen-bond acceptors (Lipinski definition) is 3. The average Bonchev–Trinajstić information content (AvgIpc) is 2.15. The van der Waals surface area contributed by atoms with Crippen LogP contribution < -0.4 is 5.32 Å². The molecule has 0 aliphatic heterocycles. The van der Waals surface area contributed by atoms with E-state index in [1.165, 1.54) is 5.32 Å². The summed E-state index contributed by atoms with van der Waals surface area (Å²) in [5, 5.41) is 1.07. The van der Waals surface area contributed by atoms with Gasteiger partial charge in [0.1, 0.15) is 17.3 Å². The molecule has 1 amide bonds. The molecule has 4 nitrogen and oxygen atoms in total. The summed E-state index contributed by atoms with van der Waals surface area (Å²) in [7, 11) is 0. The van der Waals surface area contributed by atoms with Gasteiger partial charge < -0.3 is 5.32 Å². The molecule has 0 spiro atoms. The number of carbonyl (C=O) groups is 1. The zero-order valence-corrected chi connectivity index (χ0v) is 8.48. The Hall–Kier alpha value is -1.51. The average molecular weight is 276 g/mol. The van der Waals surface area contributed by atoms with Gasteiger partial charge in [-0.05, 0) is 0 Å². The first kappa shape index (κ1) is 13.6. The minimum atomic E-state index is -5.98. The minimum Gasteiger partial charge on any atom is -0.305 e. The van der Waals surface area contributed by atoms with Crippen LogP contribution in [0.2, 0.25) is 5.15 Å². The van der Waals surface area contributed by atoms with Crippen LogP contribution in [0.15, 0.2) is 12.4 Å². The topological polar surface area (TPSA) is 54.9 Å². The smallest absolute Gasteiger partial charge is 0.305 e. The number of anilines is 1. The summed E-state index contributed by atoms with van der Waals surface area (Å²) in [4.78, 5) is 17.3. The molecular formula is C7H3ClF5N3O. The molecule has 0 aliphatic carbocycles. The van der Waals surface area contributed by atoms with E-state index < -0.39 is 23.8 Å². The van der Waals surface area contributed by atoms with Gasteiger partial charge in [-0.2, -0.15) is 22.0 Å². The van der Waals surface area contributed by atoms with Crippen molar-refractivity contribution < 1.29 is 26.7 Å². The van der Waals surface area contributed by atoms with Gasteiger partial charge in [0.15, 0.2) is 0 Å². The van der Waals surface area contributed by atoms with E-state index in [9.17, 15) is 26.7 Å². The Bertz CT molecular complexity index is 436. The third kappa shape index (κ3) is 2.99. The van der Waals surface area contributed by atoms with Gasteiger partial charge in [0, 0.05) is 6.07 Å². The molecular weight excluding hydrogens is 273 g/mol. The highest BCUT2D eigenvalue weighted by molar-refractivity contribution is 6.29. The maximum absolute atomic E-state index is 12.5. The fourth-order valence-corrected chi connectivity index (χ4v) is 0.872. The summed E-state index contributed by atoms with van der Waals surface area (Å²) in [5.41, 5.74) is 0. The van der Waals surface area contributed by atoms with Crippen LogP contribution >= 0.6 is 11.6 Å². The summed E-state index contributed by atoms with van der Waals surface area (Å²) in [6.45, 7) is 0. The van der Waals surface area contributed by atoms with Gasteiger partial charge in [-0.25, -0.2) is 9.97 Å². The Kier molecular flexibility index (Phi) is 3.51. The summed E-state index contributed by atoms with van der Waals surface area (Å²) in [6, 6.07) is 0.825. The van der Waals surface area contributed by atoms with Crippen molar-refractivity contribution >= 4 is 23.3 Å². The van der Waals surface area contributed by atoms with Crippen molar-refractivity contribution in [1.29, 1.82) is 0 Å². The van der Waals surface area contributed by atoms with Crippen LogP contribution in [0.4, 0.5) is 27.8 Å². The minimum absolute atomic E-state index is 0.217. The van der Waals surface area contributed by atoms with E-state index in [-0.39, 0.29) is 5.15 Å². The fraction of sp³-hybridized carbons (Fsp3) is 0.286. The number of alkyl halides is 5. The van der Waals surface area contributed by atoms with Gasteiger partial charge in [-0.3, -0.25) is 4.79 Å². The van der Waals surface area contributed by atoms with Crippen LogP contribution in [0.25, 0.3) is 0 Å². The number of nitrogens with one attached hydrogen (secondary N) is 1. The second-order valence-corrected chi connectivity index (χ2v) is 3.14. The van der Waals surface area contributed by atoms with Crippen LogP contribution in [-0.4, -0.2) is 28.0 Å². The molecule has 0 bridgehead atoms. The number of hydrogen-bond donors (Lipinski definition) is 1. The van der Waals surface area contributed by atoms with E-state index in [2.05, 4.69) is 9.97 Å². The molecule has 0 unspecified atom stereocenters. The van der Waals surface area contributed by atoms with Gasteiger partial charge >= 0.3 is 18.0 Å². The van der Waals surface area contributed by atoms with Crippen LogP contribution in [0.1, 0.15) is 0 Å². The van der Waals surface area contributed by atoms with Gasteiger partial charge in [0.05, 0.1) is 0 Å². The second-order valence-electron chi connectivity index (χ2n) is 2.75. The molecule has 1 rings (SSSR count). The maximum Gasteiger partial charge on any atom is 0.463 e. The summed E-state index contributed by atoms with van der Waals surface area (Å²) < 4.78 is 60.4. The SMILES string of the molecule is O=C(Nc1cc(Cl)ncn1)C(F)(F)C(F)(F)F. The molecule has 1 aromatic rings. The highest BCUT2D eigenvalue weighted by atomic mass is 35.5. The monoisotopic (exact) mass is 275 g/mol. The normalized spacial score (nSPS) is 12.4. The number of rotatable bonds is 2. The molecule has 10 heteroatoms. The molecule has 0 radical (unpaired) electrons. The zero-order chi connectivity index (χ0) is 13.3. The van der Waals surface area contributed by atoms with Crippen LogP contribution in [0.3, 0.4) is 0 Å². The Morgan fingerprint density at radius 2 is 1.82 bits per heavy atom. The Morgan fingerprint density at radius 1 is 1.24 bits per heavy atom. The van der Waals surface area contributed by atoms with Crippen molar-refractivity contribution in [3.05, 3.63) is 17.5 Å². The first-order chi connectivity index (χ1) is 7.64. The van der Waals surface area contributed by atoms with E-state index in [1.54, 1.807) is 0 Å². The molecule has 1 N–H and O–H groups in total. The first-order valence-electron chi connectivity index (χ1n) is 3.88. The lowest BCUT2D eigenvalue weighted by molar-refractivity contribution is -0.267. The third-order valence-electron chi connectivity index (χ3n) is 1.52. The van der Waals surface area contributed by atoms with E-state index >= 15 is 0 Å². The van der Waals surface area contributed by atoms with Crippen molar-refractivity contribution in [2.45, 2.75) is 12.1 Å². The van der Waals surface area contributed by atoms with Crippen LogP contribution in [-0.2, 0) is 4.79 Å². The zero-order valence-electron chi connectivity index (χ0n) is 7.73. The predicted molar refractivity (Wildman–Crippen MR) is 46.7 cm³/mol. The molecule has 1 aromatic heterocycles. The molecule has 0 atom stereocenters. The number of carbonyl (C=O) groups excluding carboxylic acids is 1. The van der Waals surface area contributed by atoms with Crippen molar-refractivity contribution in [3.8, 4) is 0 Å².